The molecule has 0 aromatic heterocycles. The smallest absolute Gasteiger partial charge is 0.156 e. The molecule has 1 aliphatic carbocycles. The molecule has 0 aromatic rings. The fourth-order valence-corrected chi connectivity index (χ4v) is 2.32. The number of nitrogens with one attached hydrogen (secondary N) is 1. The number of hydrogen-bond donors (Lipinski definition) is 4. The molecule has 0 aliphatic heterocycles. The molecule has 0 bridgehead atoms. The predicted octanol–water partition coefficient (Wildman–Crippen LogP) is 1.04. The molecule has 1 atom stereocenters. The first-order chi connectivity index (χ1) is 8.00. The SMILES string of the molecule is CCC(NCC1(O)CCC(C)CC1)C(N)=NO. The first-order valence-electron chi connectivity index (χ1n) is 6.44. The van der Waals surface area contributed by atoms with Gasteiger partial charge >= 0.3 is 0 Å². The van der Waals surface area contributed by atoms with Crippen LogP contribution in [0.15, 0.2) is 5.16 Å². The Bertz CT molecular complexity index is 260. The average molecular weight is 243 g/mol. The van der Waals surface area contributed by atoms with Gasteiger partial charge in [0.2, 0.25) is 0 Å². The Hall–Kier alpha value is -0.810. The Morgan fingerprint density at radius 3 is 2.59 bits per heavy atom. The molecule has 5 N–H and O–H groups in total. The highest BCUT2D eigenvalue weighted by molar-refractivity contribution is 5.85. The number of nitrogens with zero attached hydrogens (tertiary/aromatic N) is 1. The molecule has 0 radical (unpaired) electrons. The third kappa shape index (κ3) is 4.16. The molecule has 1 aliphatic rings. The summed E-state index contributed by atoms with van der Waals surface area (Å²) in [6.07, 6.45) is 4.53. The van der Waals surface area contributed by atoms with E-state index in [0.29, 0.717) is 12.5 Å². The maximum atomic E-state index is 10.4. The number of amidine groups is 1. The maximum Gasteiger partial charge on any atom is 0.156 e. The molecule has 0 saturated heterocycles. The van der Waals surface area contributed by atoms with Crippen LogP contribution in [0.5, 0.6) is 0 Å². The lowest BCUT2D eigenvalue weighted by Crippen LogP contribution is -2.50. The Morgan fingerprint density at radius 2 is 2.12 bits per heavy atom. The van der Waals surface area contributed by atoms with E-state index in [0.717, 1.165) is 32.1 Å². The minimum atomic E-state index is -0.629. The summed E-state index contributed by atoms with van der Waals surface area (Å²) in [6.45, 7) is 4.69. The molecule has 0 aromatic carbocycles. The van der Waals surface area contributed by atoms with Crippen LogP contribution in [0, 0.1) is 5.92 Å². The molecule has 100 valence electrons. The number of nitrogens with two attached hydrogens (primary N) is 1. The maximum absolute atomic E-state index is 10.4. The standard InChI is InChI=1S/C12H25N3O2/c1-3-10(11(13)15-17)14-8-12(16)6-4-9(2)5-7-12/h9-10,14,16-17H,3-8H2,1-2H3,(H2,13,15). The van der Waals surface area contributed by atoms with Gasteiger partial charge in [0.05, 0.1) is 11.6 Å². The van der Waals surface area contributed by atoms with E-state index >= 15 is 0 Å². The predicted molar refractivity (Wildman–Crippen MR) is 68.1 cm³/mol. The molecule has 0 amide bonds. The number of rotatable bonds is 5. The quantitative estimate of drug-likeness (QED) is 0.251. The Balaban J connectivity index is 2.43. The molecule has 1 rings (SSSR count). The van der Waals surface area contributed by atoms with Crippen molar-refractivity contribution in [2.24, 2.45) is 16.8 Å². The molecule has 1 saturated carbocycles. The topological polar surface area (TPSA) is 90.9 Å². The van der Waals surface area contributed by atoms with E-state index in [1.165, 1.54) is 0 Å². The van der Waals surface area contributed by atoms with Crippen molar-refractivity contribution in [3.63, 3.8) is 0 Å². The van der Waals surface area contributed by atoms with Crippen molar-refractivity contribution >= 4 is 5.84 Å². The fourth-order valence-electron chi connectivity index (χ4n) is 2.32. The van der Waals surface area contributed by atoms with Crippen molar-refractivity contribution in [2.75, 3.05) is 6.54 Å². The summed E-state index contributed by atoms with van der Waals surface area (Å²) in [6, 6.07) is -0.164. The van der Waals surface area contributed by atoms with Crippen molar-refractivity contribution in [1.29, 1.82) is 0 Å². The van der Waals surface area contributed by atoms with E-state index in [2.05, 4.69) is 17.4 Å². The highest BCUT2D eigenvalue weighted by atomic mass is 16.4. The number of hydrogen-bond acceptors (Lipinski definition) is 4. The molecule has 0 heterocycles. The number of oxime groups is 1. The number of aliphatic hydroxyl groups is 1. The second-order valence-corrected chi connectivity index (χ2v) is 5.27. The minimum Gasteiger partial charge on any atom is -0.409 e. The highest BCUT2D eigenvalue weighted by Gasteiger charge is 2.32. The van der Waals surface area contributed by atoms with Gasteiger partial charge < -0.3 is 21.4 Å². The molecule has 0 spiro atoms. The lowest BCUT2D eigenvalue weighted by molar-refractivity contribution is -0.00696. The van der Waals surface area contributed by atoms with E-state index < -0.39 is 5.60 Å². The third-order valence-corrected chi connectivity index (χ3v) is 3.76. The largest absolute Gasteiger partial charge is 0.409 e. The van der Waals surface area contributed by atoms with Gasteiger partial charge in [-0.1, -0.05) is 19.0 Å². The summed E-state index contributed by atoms with van der Waals surface area (Å²) in [4.78, 5) is 0. The lowest BCUT2D eigenvalue weighted by Gasteiger charge is -2.36. The van der Waals surface area contributed by atoms with Crippen molar-refractivity contribution < 1.29 is 10.3 Å². The van der Waals surface area contributed by atoms with Gasteiger partial charge in [0.1, 0.15) is 0 Å². The normalized spacial score (nSPS) is 32.4. The van der Waals surface area contributed by atoms with E-state index in [-0.39, 0.29) is 11.9 Å². The van der Waals surface area contributed by atoms with Gasteiger partial charge in [-0.05, 0) is 38.0 Å². The van der Waals surface area contributed by atoms with Gasteiger partial charge in [-0.2, -0.15) is 0 Å². The van der Waals surface area contributed by atoms with Gasteiger partial charge in [-0.3, -0.25) is 0 Å². The van der Waals surface area contributed by atoms with Crippen LogP contribution in [0.4, 0.5) is 0 Å². The zero-order valence-corrected chi connectivity index (χ0v) is 10.8. The molecule has 5 heteroatoms. The summed E-state index contributed by atoms with van der Waals surface area (Å²) in [5.41, 5.74) is 4.94. The van der Waals surface area contributed by atoms with Crippen LogP contribution in [0.1, 0.15) is 46.0 Å². The van der Waals surface area contributed by atoms with Crippen LogP contribution in [0.3, 0.4) is 0 Å². The minimum absolute atomic E-state index is 0.164. The highest BCUT2D eigenvalue weighted by Crippen LogP contribution is 2.31. The third-order valence-electron chi connectivity index (χ3n) is 3.76. The van der Waals surface area contributed by atoms with E-state index in [9.17, 15) is 5.11 Å². The Kier molecular flexibility index (Phi) is 5.21. The van der Waals surface area contributed by atoms with Gasteiger partial charge in [-0.25, -0.2) is 0 Å². The first-order valence-corrected chi connectivity index (χ1v) is 6.44. The van der Waals surface area contributed by atoms with Crippen LogP contribution >= 0.6 is 0 Å². The zero-order valence-electron chi connectivity index (χ0n) is 10.8. The van der Waals surface area contributed by atoms with Gasteiger partial charge in [-0.15, -0.1) is 0 Å². The lowest BCUT2D eigenvalue weighted by atomic mass is 9.79. The second kappa shape index (κ2) is 6.21. The second-order valence-electron chi connectivity index (χ2n) is 5.27. The van der Waals surface area contributed by atoms with Crippen LogP contribution in [-0.2, 0) is 0 Å². The molecule has 1 unspecified atom stereocenters. The van der Waals surface area contributed by atoms with Gasteiger partial charge in [0.15, 0.2) is 5.84 Å². The van der Waals surface area contributed by atoms with E-state index in [4.69, 9.17) is 10.9 Å². The fraction of sp³-hybridized carbons (Fsp3) is 0.917. The molecule has 1 fully saturated rings. The molecular weight excluding hydrogens is 218 g/mol. The molecule has 17 heavy (non-hydrogen) atoms. The average Bonchev–Trinajstić information content (AvgIpc) is 2.34. The summed E-state index contributed by atoms with van der Waals surface area (Å²) in [5, 5.41) is 25.2. The summed E-state index contributed by atoms with van der Waals surface area (Å²) < 4.78 is 0. The van der Waals surface area contributed by atoms with E-state index in [1.54, 1.807) is 0 Å². The van der Waals surface area contributed by atoms with Crippen LogP contribution in [0.2, 0.25) is 0 Å². The van der Waals surface area contributed by atoms with Crippen LogP contribution in [0.25, 0.3) is 0 Å². The summed E-state index contributed by atoms with van der Waals surface area (Å²) >= 11 is 0. The van der Waals surface area contributed by atoms with Gasteiger partial charge in [0, 0.05) is 6.54 Å². The first kappa shape index (κ1) is 14.3. The van der Waals surface area contributed by atoms with Crippen molar-refractivity contribution in [3.8, 4) is 0 Å². The van der Waals surface area contributed by atoms with Gasteiger partial charge in [0.25, 0.3) is 0 Å². The van der Waals surface area contributed by atoms with Crippen LogP contribution in [-0.4, -0.2) is 34.3 Å². The Morgan fingerprint density at radius 1 is 1.53 bits per heavy atom. The zero-order chi connectivity index (χ0) is 12.9. The van der Waals surface area contributed by atoms with Crippen molar-refractivity contribution in [1.82, 2.24) is 5.32 Å². The summed E-state index contributed by atoms with van der Waals surface area (Å²) in [5.74, 6) is 0.890. The summed E-state index contributed by atoms with van der Waals surface area (Å²) in [7, 11) is 0. The van der Waals surface area contributed by atoms with E-state index in [1.807, 2.05) is 6.92 Å². The monoisotopic (exact) mass is 243 g/mol. The Labute approximate surface area is 103 Å². The molecular formula is C12H25N3O2. The van der Waals surface area contributed by atoms with Crippen LogP contribution < -0.4 is 11.1 Å². The molecule has 5 nitrogen and oxygen atoms in total. The van der Waals surface area contributed by atoms with Crippen molar-refractivity contribution in [2.45, 2.75) is 57.6 Å². The van der Waals surface area contributed by atoms with Crippen molar-refractivity contribution in [3.05, 3.63) is 0 Å².